The van der Waals surface area contributed by atoms with Gasteiger partial charge in [0.15, 0.2) is 0 Å². The van der Waals surface area contributed by atoms with Crippen molar-refractivity contribution in [1.29, 1.82) is 0 Å². The molecular formula is C26H30N4O2. The normalized spacial score (nSPS) is 15.4. The molecule has 2 N–H and O–H groups in total. The van der Waals surface area contributed by atoms with E-state index in [1.54, 1.807) is 12.1 Å². The number of aromatic amines is 1. The number of anilines is 1. The number of H-pyrrole nitrogens is 1. The Morgan fingerprint density at radius 1 is 1.00 bits per heavy atom. The van der Waals surface area contributed by atoms with Crippen molar-refractivity contribution in [2.75, 3.05) is 37.6 Å². The van der Waals surface area contributed by atoms with Gasteiger partial charge in [0.1, 0.15) is 5.56 Å². The Bertz CT molecular complexity index is 1120. The molecule has 6 heteroatoms. The standard InChI is InChI=1S/C26H30N4O2/c1-19-7-6-8-21(17-19)24-12-11-23(26(32)28-24)25(31)27-18-20(2)29-13-15-30(16-14-29)22-9-4-3-5-10-22/h3-12,17,20H,13-16,18H2,1-2H3,(H,27,31)(H,28,32). The van der Waals surface area contributed by atoms with Crippen LogP contribution in [0.2, 0.25) is 0 Å². The number of carbonyl (C=O) groups excluding carboxylic acids is 1. The molecule has 3 aromatic rings. The van der Waals surface area contributed by atoms with Crippen LogP contribution in [0, 0.1) is 6.92 Å². The van der Waals surface area contributed by atoms with E-state index in [1.165, 1.54) is 5.69 Å². The van der Waals surface area contributed by atoms with Crippen LogP contribution in [0.5, 0.6) is 0 Å². The third-order valence-electron chi connectivity index (χ3n) is 6.10. The van der Waals surface area contributed by atoms with E-state index in [1.807, 2.05) is 37.3 Å². The van der Waals surface area contributed by atoms with E-state index < -0.39 is 0 Å². The average Bonchev–Trinajstić information content (AvgIpc) is 2.83. The number of piperazine rings is 1. The van der Waals surface area contributed by atoms with Gasteiger partial charge in [-0.1, -0.05) is 42.0 Å². The van der Waals surface area contributed by atoms with Gasteiger partial charge in [-0.3, -0.25) is 14.5 Å². The highest BCUT2D eigenvalue weighted by Crippen LogP contribution is 2.18. The third-order valence-corrected chi connectivity index (χ3v) is 6.10. The van der Waals surface area contributed by atoms with Crippen molar-refractivity contribution in [1.82, 2.24) is 15.2 Å². The van der Waals surface area contributed by atoms with E-state index in [2.05, 4.69) is 51.3 Å². The number of benzene rings is 2. The summed E-state index contributed by atoms with van der Waals surface area (Å²) in [5, 5.41) is 2.93. The van der Waals surface area contributed by atoms with Crippen LogP contribution < -0.4 is 15.8 Å². The van der Waals surface area contributed by atoms with E-state index in [-0.39, 0.29) is 23.1 Å². The van der Waals surface area contributed by atoms with E-state index in [4.69, 9.17) is 0 Å². The van der Waals surface area contributed by atoms with Crippen molar-refractivity contribution in [3.8, 4) is 11.3 Å². The minimum absolute atomic E-state index is 0.141. The largest absolute Gasteiger partial charge is 0.369 e. The molecule has 1 aromatic heterocycles. The second kappa shape index (κ2) is 9.83. The highest BCUT2D eigenvalue weighted by atomic mass is 16.2. The zero-order valence-electron chi connectivity index (χ0n) is 18.7. The lowest BCUT2D eigenvalue weighted by Gasteiger charge is -2.39. The van der Waals surface area contributed by atoms with Gasteiger partial charge in [0.25, 0.3) is 11.5 Å². The summed E-state index contributed by atoms with van der Waals surface area (Å²) in [6, 6.07) is 21.9. The van der Waals surface area contributed by atoms with Crippen LogP contribution in [0.15, 0.2) is 71.5 Å². The molecule has 0 saturated carbocycles. The number of hydrogen-bond donors (Lipinski definition) is 2. The number of rotatable bonds is 6. The Balaban J connectivity index is 1.31. The van der Waals surface area contributed by atoms with Gasteiger partial charge in [0.05, 0.1) is 0 Å². The molecule has 166 valence electrons. The monoisotopic (exact) mass is 430 g/mol. The lowest BCUT2D eigenvalue weighted by atomic mass is 10.1. The number of amides is 1. The zero-order valence-corrected chi connectivity index (χ0v) is 18.7. The number of nitrogens with zero attached hydrogens (tertiary/aromatic N) is 2. The minimum Gasteiger partial charge on any atom is -0.369 e. The summed E-state index contributed by atoms with van der Waals surface area (Å²) < 4.78 is 0. The van der Waals surface area contributed by atoms with Crippen molar-refractivity contribution in [2.24, 2.45) is 0 Å². The molecule has 1 unspecified atom stereocenters. The molecule has 1 amide bonds. The topological polar surface area (TPSA) is 68.4 Å². The predicted molar refractivity (Wildman–Crippen MR) is 129 cm³/mol. The predicted octanol–water partition coefficient (Wildman–Crippen LogP) is 3.29. The maximum atomic E-state index is 12.6. The summed E-state index contributed by atoms with van der Waals surface area (Å²) in [6.07, 6.45) is 0. The molecule has 0 aliphatic carbocycles. The lowest BCUT2D eigenvalue weighted by molar-refractivity contribution is 0.0933. The number of aryl methyl sites for hydroxylation is 1. The van der Waals surface area contributed by atoms with Gasteiger partial charge in [-0.05, 0) is 49.7 Å². The minimum atomic E-state index is -0.370. The SMILES string of the molecule is Cc1cccc(-c2ccc(C(=O)NCC(C)N3CCN(c4ccccc4)CC3)c(=O)[nH]2)c1. The van der Waals surface area contributed by atoms with E-state index in [0.29, 0.717) is 12.2 Å². The Labute approximate surface area is 188 Å². The summed E-state index contributed by atoms with van der Waals surface area (Å²) in [4.78, 5) is 32.8. The Morgan fingerprint density at radius 3 is 2.44 bits per heavy atom. The first-order valence-electron chi connectivity index (χ1n) is 11.1. The highest BCUT2D eigenvalue weighted by molar-refractivity contribution is 5.94. The Hall–Kier alpha value is -3.38. The average molecular weight is 431 g/mol. The van der Waals surface area contributed by atoms with Gasteiger partial charge in [0.2, 0.25) is 0 Å². The quantitative estimate of drug-likeness (QED) is 0.630. The van der Waals surface area contributed by atoms with Crippen LogP contribution in [-0.2, 0) is 0 Å². The first-order chi connectivity index (χ1) is 15.5. The number of carbonyl (C=O) groups is 1. The first kappa shape index (κ1) is 21.8. The van der Waals surface area contributed by atoms with Gasteiger partial charge in [-0.15, -0.1) is 0 Å². The molecule has 1 aliphatic heterocycles. The molecule has 0 bridgehead atoms. The fraction of sp³-hybridized carbons (Fsp3) is 0.308. The summed E-state index contributed by atoms with van der Waals surface area (Å²) >= 11 is 0. The summed E-state index contributed by atoms with van der Waals surface area (Å²) in [5.74, 6) is -0.336. The molecule has 0 spiro atoms. The van der Waals surface area contributed by atoms with Crippen molar-refractivity contribution >= 4 is 11.6 Å². The third kappa shape index (κ3) is 5.08. The van der Waals surface area contributed by atoms with Crippen LogP contribution in [0.25, 0.3) is 11.3 Å². The van der Waals surface area contributed by atoms with Crippen LogP contribution in [0.1, 0.15) is 22.8 Å². The Kier molecular flexibility index (Phi) is 6.71. The van der Waals surface area contributed by atoms with Crippen LogP contribution >= 0.6 is 0 Å². The fourth-order valence-electron chi connectivity index (χ4n) is 4.16. The number of para-hydroxylation sites is 1. The van der Waals surface area contributed by atoms with Crippen LogP contribution in [0.4, 0.5) is 5.69 Å². The van der Waals surface area contributed by atoms with Crippen LogP contribution in [0.3, 0.4) is 0 Å². The molecule has 1 atom stereocenters. The lowest BCUT2D eigenvalue weighted by Crippen LogP contribution is -2.52. The smallest absolute Gasteiger partial charge is 0.261 e. The molecular weight excluding hydrogens is 400 g/mol. The molecule has 1 saturated heterocycles. The molecule has 2 aromatic carbocycles. The number of nitrogens with one attached hydrogen (secondary N) is 2. The fourth-order valence-corrected chi connectivity index (χ4v) is 4.16. The molecule has 4 rings (SSSR count). The number of aromatic nitrogens is 1. The summed E-state index contributed by atoms with van der Waals surface area (Å²) in [5.41, 5.74) is 3.77. The van der Waals surface area contributed by atoms with Gasteiger partial charge < -0.3 is 15.2 Å². The number of hydrogen-bond acceptors (Lipinski definition) is 4. The van der Waals surface area contributed by atoms with E-state index >= 15 is 0 Å². The maximum Gasteiger partial charge on any atom is 0.261 e. The molecule has 2 heterocycles. The van der Waals surface area contributed by atoms with E-state index in [9.17, 15) is 9.59 Å². The van der Waals surface area contributed by atoms with Crippen molar-refractivity contribution < 1.29 is 4.79 Å². The van der Waals surface area contributed by atoms with Crippen molar-refractivity contribution in [3.05, 3.63) is 88.2 Å². The molecule has 1 fully saturated rings. The van der Waals surface area contributed by atoms with Gasteiger partial charge in [-0.2, -0.15) is 0 Å². The van der Waals surface area contributed by atoms with E-state index in [0.717, 1.165) is 37.3 Å². The molecule has 32 heavy (non-hydrogen) atoms. The second-order valence-corrected chi connectivity index (χ2v) is 8.40. The van der Waals surface area contributed by atoms with Crippen LogP contribution in [-0.4, -0.2) is 54.6 Å². The first-order valence-corrected chi connectivity index (χ1v) is 11.1. The second-order valence-electron chi connectivity index (χ2n) is 8.40. The molecule has 1 aliphatic rings. The summed E-state index contributed by atoms with van der Waals surface area (Å²) in [6.45, 7) is 8.43. The van der Waals surface area contributed by atoms with Gasteiger partial charge in [-0.25, -0.2) is 0 Å². The molecule has 0 radical (unpaired) electrons. The zero-order chi connectivity index (χ0) is 22.5. The van der Waals surface area contributed by atoms with Gasteiger partial charge in [0, 0.05) is 50.1 Å². The van der Waals surface area contributed by atoms with Crippen molar-refractivity contribution in [3.63, 3.8) is 0 Å². The Morgan fingerprint density at radius 2 is 1.75 bits per heavy atom. The summed E-state index contributed by atoms with van der Waals surface area (Å²) in [7, 11) is 0. The molecule has 6 nitrogen and oxygen atoms in total. The highest BCUT2D eigenvalue weighted by Gasteiger charge is 2.22. The van der Waals surface area contributed by atoms with Crippen molar-refractivity contribution in [2.45, 2.75) is 19.9 Å². The maximum absolute atomic E-state index is 12.6. The number of pyridine rings is 1. The van der Waals surface area contributed by atoms with Gasteiger partial charge >= 0.3 is 0 Å².